The number of Topliss-reactive ketones (excluding diaryl/α,β-unsaturated/α-hetero) is 1. The highest BCUT2D eigenvalue weighted by Gasteiger charge is 2.25. The summed E-state index contributed by atoms with van der Waals surface area (Å²) in [5.74, 6) is 0.496. The number of rotatable bonds is 3. The molecular weight excluding hydrogens is 238 g/mol. The van der Waals surface area contributed by atoms with Gasteiger partial charge in [-0.15, -0.1) is 0 Å². The molecule has 1 unspecified atom stereocenters. The fourth-order valence-electron chi connectivity index (χ4n) is 3.04. The molecule has 2 aliphatic heterocycles. The third kappa shape index (κ3) is 3.04. The summed E-state index contributed by atoms with van der Waals surface area (Å²) in [4.78, 5) is 14.5. The number of ketones is 1. The molecule has 0 radical (unpaired) electrons. The predicted octanol–water partition coefficient (Wildman–Crippen LogP) is 2.04. The van der Waals surface area contributed by atoms with Crippen molar-refractivity contribution in [3.63, 3.8) is 0 Å². The molecule has 1 fully saturated rings. The van der Waals surface area contributed by atoms with Crippen molar-refractivity contribution in [1.29, 1.82) is 0 Å². The van der Waals surface area contributed by atoms with Crippen LogP contribution in [0.15, 0.2) is 24.3 Å². The summed E-state index contributed by atoms with van der Waals surface area (Å²) >= 11 is 0. The minimum Gasteiger partial charge on any atom is -0.381 e. The van der Waals surface area contributed by atoms with Crippen molar-refractivity contribution >= 4 is 5.78 Å². The van der Waals surface area contributed by atoms with Crippen LogP contribution in [0.3, 0.4) is 0 Å². The lowest BCUT2D eigenvalue weighted by Crippen LogP contribution is -2.33. The Labute approximate surface area is 114 Å². The molecule has 0 aliphatic carbocycles. The Morgan fingerprint density at radius 2 is 2.16 bits per heavy atom. The van der Waals surface area contributed by atoms with E-state index in [1.807, 2.05) is 0 Å². The minimum absolute atomic E-state index is 0.137. The van der Waals surface area contributed by atoms with Crippen LogP contribution in [-0.4, -0.2) is 37.0 Å². The Balaban J connectivity index is 1.64. The average Bonchev–Trinajstić information content (AvgIpc) is 2.87. The standard InChI is InChI=1S/C16H21NO2/c18-16(15-7-9-19-12-15)11-17-8-3-6-13-4-1-2-5-14(13)10-17/h1-2,4-5,15H,3,6-12H2. The van der Waals surface area contributed by atoms with Crippen LogP contribution in [0, 0.1) is 5.92 Å². The van der Waals surface area contributed by atoms with Crippen LogP contribution in [0.2, 0.25) is 0 Å². The molecule has 1 saturated heterocycles. The zero-order valence-corrected chi connectivity index (χ0v) is 11.3. The van der Waals surface area contributed by atoms with Crippen molar-refractivity contribution in [1.82, 2.24) is 4.90 Å². The van der Waals surface area contributed by atoms with Gasteiger partial charge in [-0.25, -0.2) is 0 Å². The molecule has 1 atom stereocenters. The van der Waals surface area contributed by atoms with Gasteiger partial charge in [0.15, 0.2) is 5.78 Å². The first-order chi connectivity index (χ1) is 9.33. The van der Waals surface area contributed by atoms with Crippen LogP contribution in [0.25, 0.3) is 0 Å². The number of fused-ring (bicyclic) bond motifs is 1. The quantitative estimate of drug-likeness (QED) is 0.832. The second-order valence-corrected chi connectivity index (χ2v) is 5.61. The first-order valence-corrected chi connectivity index (χ1v) is 7.22. The summed E-state index contributed by atoms with van der Waals surface area (Å²) in [6, 6.07) is 8.60. The fourth-order valence-corrected chi connectivity index (χ4v) is 3.04. The molecule has 3 heteroatoms. The van der Waals surface area contributed by atoms with Gasteiger partial charge in [0, 0.05) is 19.1 Å². The van der Waals surface area contributed by atoms with Crippen molar-refractivity contribution in [2.45, 2.75) is 25.8 Å². The molecule has 2 heterocycles. The maximum atomic E-state index is 12.2. The molecule has 3 nitrogen and oxygen atoms in total. The summed E-state index contributed by atoms with van der Waals surface area (Å²) in [5, 5.41) is 0. The first kappa shape index (κ1) is 12.8. The molecule has 1 aromatic rings. The van der Waals surface area contributed by atoms with Crippen molar-refractivity contribution < 1.29 is 9.53 Å². The maximum Gasteiger partial charge on any atom is 0.152 e. The van der Waals surface area contributed by atoms with Crippen LogP contribution >= 0.6 is 0 Å². The van der Waals surface area contributed by atoms with Crippen molar-refractivity contribution in [2.75, 3.05) is 26.3 Å². The molecule has 0 bridgehead atoms. The third-order valence-electron chi connectivity index (χ3n) is 4.20. The van der Waals surface area contributed by atoms with E-state index in [2.05, 4.69) is 29.2 Å². The maximum absolute atomic E-state index is 12.2. The lowest BCUT2D eigenvalue weighted by atomic mass is 10.0. The smallest absolute Gasteiger partial charge is 0.152 e. The second-order valence-electron chi connectivity index (χ2n) is 5.61. The molecule has 1 aromatic carbocycles. The molecule has 2 aliphatic rings. The lowest BCUT2D eigenvalue weighted by Gasteiger charge is -2.21. The highest BCUT2D eigenvalue weighted by atomic mass is 16.5. The van der Waals surface area contributed by atoms with Gasteiger partial charge in [-0.05, 0) is 36.9 Å². The number of ether oxygens (including phenoxy) is 1. The monoisotopic (exact) mass is 259 g/mol. The van der Waals surface area contributed by atoms with E-state index < -0.39 is 0 Å². The van der Waals surface area contributed by atoms with Gasteiger partial charge in [-0.3, -0.25) is 9.69 Å². The molecule has 102 valence electrons. The largest absolute Gasteiger partial charge is 0.381 e. The topological polar surface area (TPSA) is 29.5 Å². The van der Waals surface area contributed by atoms with E-state index in [0.29, 0.717) is 18.9 Å². The zero-order valence-electron chi connectivity index (χ0n) is 11.3. The van der Waals surface area contributed by atoms with Gasteiger partial charge in [-0.1, -0.05) is 24.3 Å². The molecule has 0 spiro atoms. The molecule has 3 rings (SSSR count). The number of carbonyl (C=O) groups is 1. The molecule has 0 amide bonds. The van der Waals surface area contributed by atoms with E-state index in [-0.39, 0.29) is 5.92 Å². The Bertz CT molecular complexity index is 452. The van der Waals surface area contributed by atoms with E-state index in [1.165, 1.54) is 11.1 Å². The van der Waals surface area contributed by atoms with Gasteiger partial charge < -0.3 is 4.74 Å². The highest BCUT2D eigenvalue weighted by Crippen LogP contribution is 2.20. The Hall–Kier alpha value is -1.19. The number of benzene rings is 1. The van der Waals surface area contributed by atoms with Gasteiger partial charge in [0.05, 0.1) is 13.2 Å². The number of aryl methyl sites for hydroxylation is 1. The van der Waals surface area contributed by atoms with Crippen LogP contribution in [0.4, 0.5) is 0 Å². The molecule has 0 N–H and O–H groups in total. The molecular formula is C16H21NO2. The molecule has 19 heavy (non-hydrogen) atoms. The second kappa shape index (κ2) is 5.85. The van der Waals surface area contributed by atoms with Crippen LogP contribution in [-0.2, 0) is 22.5 Å². The summed E-state index contributed by atoms with van der Waals surface area (Å²) < 4.78 is 5.31. The highest BCUT2D eigenvalue weighted by molar-refractivity contribution is 5.83. The number of hydrogen-bond acceptors (Lipinski definition) is 3. The average molecular weight is 259 g/mol. The van der Waals surface area contributed by atoms with Gasteiger partial charge in [0.1, 0.15) is 0 Å². The van der Waals surface area contributed by atoms with E-state index in [4.69, 9.17) is 4.74 Å². The van der Waals surface area contributed by atoms with Gasteiger partial charge in [-0.2, -0.15) is 0 Å². The normalized spacial score (nSPS) is 23.9. The number of hydrogen-bond donors (Lipinski definition) is 0. The van der Waals surface area contributed by atoms with E-state index >= 15 is 0 Å². The van der Waals surface area contributed by atoms with Crippen molar-refractivity contribution in [2.24, 2.45) is 5.92 Å². The van der Waals surface area contributed by atoms with Crippen LogP contribution in [0.1, 0.15) is 24.0 Å². The molecule has 0 saturated carbocycles. The fraction of sp³-hybridized carbons (Fsp3) is 0.562. The minimum atomic E-state index is 0.137. The third-order valence-corrected chi connectivity index (χ3v) is 4.20. The van der Waals surface area contributed by atoms with Crippen LogP contribution in [0.5, 0.6) is 0 Å². The number of carbonyl (C=O) groups excluding carboxylic acids is 1. The SMILES string of the molecule is O=C(CN1CCCc2ccccc2C1)C1CCOC1. The predicted molar refractivity (Wildman–Crippen MR) is 74.0 cm³/mol. The summed E-state index contributed by atoms with van der Waals surface area (Å²) in [6.07, 6.45) is 3.18. The summed E-state index contributed by atoms with van der Waals surface area (Å²) in [6.45, 7) is 3.90. The van der Waals surface area contributed by atoms with E-state index in [0.717, 1.165) is 39.0 Å². The summed E-state index contributed by atoms with van der Waals surface area (Å²) in [7, 11) is 0. The van der Waals surface area contributed by atoms with Gasteiger partial charge >= 0.3 is 0 Å². The number of nitrogens with zero attached hydrogens (tertiary/aromatic N) is 1. The lowest BCUT2D eigenvalue weighted by molar-refractivity contribution is -0.124. The summed E-state index contributed by atoms with van der Waals surface area (Å²) in [5.41, 5.74) is 2.83. The van der Waals surface area contributed by atoms with E-state index in [9.17, 15) is 4.79 Å². The zero-order chi connectivity index (χ0) is 13.1. The van der Waals surface area contributed by atoms with Gasteiger partial charge in [0.2, 0.25) is 0 Å². The van der Waals surface area contributed by atoms with Crippen LogP contribution < -0.4 is 0 Å². The Kier molecular flexibility index (Phi) is 3.95. The van der Waals surface area contributed by atoms with E-state index in [1.54, 1.807) is 0 Å². The van der Waals surface area contributed by atoms with Gasteiger partial charge in [0.25, 0.3) is 0 Å². The van der Waals surface area contributed by atoms with Crippen molar-refractivity contribution in [3.8, 4) is 0 Å². The first-order valence-electron chi connectivity index (χ1n) is 7.22. The van der Waals surface area contributed by atoms with Crippen molar-refractivity contribution in [3.05, 3.63) is 35.4 Å². The Morgan fingerprint density at radius 1 is 1.32 bits per heavy atom. The molecule has 0 aromatic heterocycles. The Morgan fingerprint density at radius 3 is 2.95 bits per heavy atom.